The molecule has 2 aliphatic heterocycles. The molecule has 22 heavy (non-hydrogen) atoms. The molecule has 0 aliphatic carbocycles. The highest BCUT2D eigenvalue weighted by atomic mass is 16.5. The summed E-state index contributed by atoms with van der Waals surface area (Å²) in [5.74, 6) is 0. The fourth-order valence-corrected chi connectivity index (χ4v) is 3.01. The number of nitrogens with one attached hydrogen (secondary N) is 2. The summed E-state index contributed by atoms with van der Waals surface area (Å²) in [6, 6.07) is 0.261. The molecule has 0 radical (unpaired) electrons. The highest BCUT2D eigenvalue weighted by Crippen LogP contribution is 2.11. The molecule has 0 bridgehead atoms. The number of likely N-dealkylation sites (tertiary alicyclic amines) is 1. The zero-order valence-corrected chi connectivity index (χ0v) is 13.8. The van der Waals surface area contributed by atoms with E-state index in [1.807, 2.05) is 0 Å². The number of piperidine rings is 1. The van der Waals surface area contributed by atoms with Crippen LogP contribution in [0.4, 0.5) is 4.79 Å². The summed E-state index contributed by atoms with van der Waals surface area (Å²) in [7, 11) is 0. The second kappa shape index (κ2) is 9.12. The van der Waals surface area contributed by atoms with Crippen LogP contribution in [0.3, 0.4) is 0 Å². The fourth-order valence-electron chi connectivity index (χ4n) is 3.01. The van der Waals surface area contributed by atoms with Crippen molar-refractivity contribution in [2.75, 3.05) is 59.0 Å². The van der Waals surface area contributed by atoms with Crippen LogP contribution in [0, 0.1) is 0 Å². The third-order valence-electron chi connectivity index (χ3n) is 4.23. The van der Waals surface area contributed by atoms with E-state index in [4.69, 9.17) is 4.74 Å². The lowest BCUT2D eigenvalue weighted by atomic mass is 10.0. The molecule has 0 atom stereocenters. The summed E-state index contributed by atoms with van der Waals surface area (Å²) in [5.41, 5.74) is 1.20. The summed E-state index contributed by atoms with van der Waals surface area (Å²) in [4.78, 5) is 16.6. The van der Waals surface area contributed by atoms with Gasteiger partial charge in [0.05, 0.1) is 13.2 Å². The van der Waals surface area contributed by atoms with E-state index >= 15 is 0 Å². The zero-order chi connectivity index (χ0) is 15.8. The van der Waals surface area contributed by atoms with Gasteiger partial charge in [0.25, 0.3) is 0 Å². The first-order valence-electron chi connectivity index (χ1n) is 8.34. The Bertz CT molecular complexity index is 361. The molecular formula is C16H30N4O2. The molecule has 126 valence electrons. The molecule has 2 amide bonds. The van der Waals surface area contributed by atoms with Crippen LogP contribution in [-0.4, -0.2) is 80.9 Å². The molecule has 2 rings (SSSR count). The number of nitrogens with zero attached hydrogens (tertiary/aromatic N) is 2. The first-order chi connectivity index (χ1) is 10.6. The molecule has 2 fully saturated rings. The Morgan fingerprint density at radius 2 is 1.86 bits per heavy atom. The van der Waals surface area contributed by atoms with Gasteiger partial charge in [-0.2, -0.15) is 0 Å². The third-order valence-corrected chi connectivity index (χ3v) is 4.23. The number of carbonyl (C=O) groups is 1. The minimum Gasteiger partial charge on any atom is -0.379 e. The van der Waals surface area contributed by atoms with Gasteiger partial charge in [-0.05, 0) is 19.8 Å². The molecule has 6 heteroatoms. The van der Waals surface area contributed by atoms with Crippen molar-refractivity contribution in [2.24, 2.45) is 0 Å². The number of hydrogen-bond donors (Lipinski definition) is 2. The van der Waals surface area contributed by atoms with Gasteiger partial charge in [0.1, 0.15) is 0 Å². The number of rotatable bonds is 6. The normalized spacial score (nSPS) is 21.5. The quantitative estimate of drug-likeness (QED) is 0.708. The molecule has 0 unspecified atom stereocenters. The van der Waals surface area contributed by atoms with Crippen LogP contribution in [0.25, 0.3) is 0 Å². The average Bonchev–Trinajstić information content (AvgIpc) is 2.50. The molecule has 2 aliphatic rings. The summed E-state index contributed by atoms with van der Waals surface area (Å²) < 4.78 is 5.31. The van der Waals surface area contributed by atoms with Crippen LogP contribution in [0.1, 0.15) is 19.8 Å². The summed E-state index contributed by atoms with van der Waals surface area (Å²) in [6.07, 6.45) is 2.04. The van der Waals surface area contributed by atoms with Crippen molar-refractivity contribution in [1.82, 2.24) is 20.4 Å². The van der Waals surface area contributed by atoms with Crippen LogP contribution >= 0.6 is 0 Å². The highest BCUT2D eigenvalue weighted by molar-refractivity contribution is 5.74. The van der Waals surface area contributed by atoms with Crippen LogP contribution in [0.5, 0.6) is 0 Å². The number of urea groups is 1. The SMILES string of the molecule is C=C(C)CN1CCC(NC(=O)NCCN2CCOCC2)CC1. The lowest BCUT2D eigenvalue weighted by Gasteiger charge is -2.32. The van der Waals surface area contributed by atoms with Gasteiger partial charge in [0, 0.05) is 51.9 Å². The van der Waals surface area contributed by atoms with Gasteiger partial charge in [-0.1, -0.05) is 12.2 Å². The molecule has 0 aromatic heterocycles. The van der Waals surface area contributed by atoms with Gasteiger partial charge in [0.15, 0.2) is 0 Å². The van der Waals surface area contributed by atoms with Gasteiger partial charge in [-0.3, -0.25) is 9.80 Å². The van der Waals surface area contributed by atoms with Gasteiger partial charge in [-0.15, -0.1) is 0 Å². The predicted molar refractivity (Wildman–Crippen MR) is 88.1 cm³/mol. The van der Waals surface area contributed by atoms with Crippen LogP contribution in [0.15, 0.2) is 12.2 Å². The molecular weight excluding hydrogens is 280 g/mol. The monoisotopic (exact) mass is 310 g/mol. The number of carbonyl (C=O) groups excluding carboxylic acids is 1. The van der Waals surface area contributed by atoms with E-state index in [0.717, 1.165) is 65.3 Å². The second-order valence-electron chi connectivity index (χ2n) is 6.36. The van der Waals surface area contributed by atoms with Crippen molar-refractivity contribution in [3.05, 3.63) is 12.2 Å². The topological polar surface area (TPSA) is 56.8 Å². The van der Waals surface area contributed by atoms with Gasteiger partial charge >= 0.3 is 6.03 Å². The Kier molecular flexibility index (Phi) is 7.15. The number of amides is 2. The highest BCUT2D eigenvalue weighted by Gasteiger charge is 2.20. The van der Waals surface area contributed by atoms with E-state index < -0.39 is 0 Å². The van der Waals surface area contributed by atoms with Crippen LogP contribution in [-0.2, 0) is 4.74 Å². The maximum absolute atomic E-state index is 11.9. The first-order valence-corrected chi connectivity index (χ1v) is 8.34. The number of morpholine rings is 1. The maximum atomic E-state index is 11.9. The van der Waals surface area contributed by atoms with Crippen molar-refractivity contribution >= 4 is 6.03 Å². The molecule has 0 aromatic rings. The van der Waals surface area contributed by atoms with E-state index in [2.05, 4.69) is 33.9 Å². The molecule has 0 saturated carbocycles. The van der Waals surface area contributed by atoms with Gasteiger partial charge in [0.2, 0.25) is 0 Å². The van der Waals surface area contributed by atoms with Crippen molar-refractivity contribution in [3.63, 3.8) is 0 Å². The average molecular weight is 310 g/mol. The van der Waals surface area contributed by atoms with E-state index in [9.17, 15) is 4.79 Å². The molecule has 2 N–H and O–H groups in total. The Balaban J connectivity index is 1.54. The van der Waals surface area contributed by atoms with Gasteiger partial charge < -0.3 is 15.4 Å². The molecule has 0 aromatic carbocycles. The molecule has 2 saturated heterocycles. The van der Waals surface area contributed by atoms with E-state index in [1.165, 1.54) is 5.57 Å². The van der Waals surface area contributed by atoms with Crippen molar-refractivity contribution < 1.29 is 9.53 Å². The van der Waals surface area contributed by atoms with Crippen LogP contribution in [0.2, 0.25) is 0 Å². The standard InChI is InChI=1S/C16H30N4O2/c1-14(2)13-20-6-3-15(4-7-20)18-16(21)17-5-8-19-9-11-22-12-10-19/h15H,1,3-13H2,2H3,(H2,17,18,21). The minimum absolute atomic E-state index is 0.0355. The van der Waals surface area contributed by atoms with Crippen LogP contribution < -0.4 is 10.6 Å². The Morgan fingerprint density at radius 1 is 1.18 bits per heavy atom. The lowest BCUT2D eigenvalue weighted by Crippen LogP contribution is -2.49. The third kappa shape index (κ3) is 6.34. The summed E-state index contributed by atoms with van der Waals surface area (Å²) in [6.45, 7) is 14.2. The van der Waals surface area contributed by atoms with E-state index in [1.54, 1.807) is 0 Å². The fraction of sp³-hybridized carbons (Fsp3) is 0.812. The second-order valence-corrected chi connectivity index (χ2v) is 6.36. The Morgan fingerprint density at radius 3 is 2.50 bits per heavy atom. The molecule has 0 spiro atoms. The summed E-state index contributed by atoms with van der Waals surface area (Å²) in [5, 5.41) is 6.05. The van der Waals surface area contributed by atoms with E-state index in [0.29, 0.717) is 12.6 Å². The summed E-state index contributed by atoms with van der Waals surface area (Å²) >= 11 is 0. The van der Waals surface area contributed by atoms with Crippen molar-refractivity contribution in [1.29, 1.82) is 0 Å². The number of ether oxygens (including phenoxy) is 1. The first kappa shape index (κ1) is 17.2. The number of hydrogen-bond acceptors (Lipinski definition) is 4. The van der Waals surface area contributed by atoms with Crippen molar-refractivity contribution in [2.45, 2.75) is 25.8 Å². The smallest absolute Gasteiger partial charge is 0.315 e. The van der Waals surface area contributed by atoms with Crippen molar-refractivity contribution in [3.8, 4) is 0 Å². The Labute approximate surface area is 133 Å². The van der Waals surface area contributed by atoms with E-state index in [-0.39, 0.29) is 6.03 Å². The maximum Gasteiger partial charge on any atom is 0.315 e. The molecule has 2 heterocycles. The lowest BCUT2D eigenvalue weighted by molar-refractivity contribution is 0.0387. The largest absolute Gasteiger partial charge is 0.379 e. The van der Waals surface area contributed by atoms with Gasteiger partial charge in [-0.25, -0.2) is 4.79 Å². The zero-order valence-electron chi connectivity index (χ0n) is 13.8. The Hall–Kier alpha value is -1.11. The predicted octanol–water partition coefficient (Wildman–Crippen LogP) is 0.658. The minimum atomic E-state index is -0.0355. The molecule has 6 nitrogen and oxygen atoms in total.